The lowest BCUT2D eigenvalue weighted by molar-refractivity contribution is 0.0566. The zero-order valence-corrected chi connectivity index (χ0v) is 11.4. The number of halogens is 3. The van der Waals surface area contributed by atoms with Gasteiger partial charge >= 0.3 is 0 Å². The highest BCUT2D eigenvalue weighted by molar-refractivity contribution is 6.18. The van der Waals surface area contributed by atoms with Gasteiger partial charge in [0, 0.05) is 17.8 Å². The molecule has 0 fully saturated rings. The molecule has 0 N–H and O–H groups in total. The molecule has 106 valence electrons. The lowest BCUT2D eigenvalue weighted by Gasteiger charge is -2.20. The van der Waals surface area contributed by atoms with Gasteiger partial charge < -0.3 is 4.90 Å². The van der Waals surface area contributed by atoms with E-state index in [1.165, 1.54) is 6.07 Å². The fraction of sp³-hybridized carbons (Fsp3) is 0.286. The van der Waals surface area contributed by atoms with Gasteiger partial charge in [0.15, 0.2) is 0 Å². The van der Waals surface area contributed by atoms with Crippen LogP contribution in [0.1, 0.15) is 10.5 Å². The molecule has 0 atom stereocenters. The minimum absolute atomic E-state index is 0.0687. The zero-order chi connectivity index (χ0) is 14.5. The lowest BCUT2D eigenvalue weighted by atomic mass is 10.2. The molecule has 1 amide bonds. The topological polar surface area (TPSA) is 33.2 Å². The highest BCUT2D eigenvalue weighted by Gasteiger charge is 2.20. The van der Waals surface area contributed by atoms with Crippen molar-refractivity contribution in [1.82, 2.24) is 9.88 Å². The van der Waals surface area contributed by atoms with E-state index >= 15 is 0 Å². The Hall–Kier alpha value is -1.75. The molecule has 0 aliphatic carbocycles. The number of hydrogen-bond acceptors (Lipinski definition) is 2. The average molecular weight is 299 g/mol. The minimum Gasteiger partial charge on any atom is -0.330 e. The van der Waals surface area contributed by atoms with Crippen LogP contribution in [0.25, 0.3) is 10.9 Å². The fourth-order valence-electron chi connectivity index (χ4n) is 1.89. The lowest BCUT2D eigenvalue weighted by Crippen LogP contribution is -2.37. The maximum atomic E-state index is 12.5. The molecular weight excluding hydrogens is 286 g/mol. The number of carbonyl (C=O) groups is 1. The van der Waals surface area contributed by atoms with Gasteiger partial charge in [0.2, 0.25) is 0 Å². The number of fused-ring (bicyclic) bond motifs is 1. The third-order valence-electron chi connectivity index (χ3n) is 2.82. The molecule has 0 bridgehead atoms. The van der Waals surface area contributed by atoms with Gasteiger partial charge in [-0.1, -0.05) is 24.3 Å². The second-order valence-corrected chi connectivity index (χ2v) is 4.60. The second-order valence-electron chi connectivity index (χ2n) is 4.22. The van der Waals surface area contributed by atoms with E-state index in [0.717, 1.165) is 10.3 Å². The maximum absolute atomic E-state index is 12.5. The molecule has 0 saturated heterocycles. The first-order valence-electron chi connectivity index (χ1n) is 6.11. The largest absolute Gasteiger partial charge is 0.330 e. The molecule has 0 radical (unpaired) electrons. The molecule has 0 spiro atoms. The summed E-state index contributed by atoms with van der Waals surface area (Å²) in [6, 6.07) is 10.6. The highest BCUT2D eigenvalue weighted by Crippen LogP contribution is 2.13. The van der Waals surface area contributed by atoms with Crippen molar-refractivity contribution in [2.24, 2.45) is 0 Å². The summed E-state index contributed by atoms with van der Waals surface area (Å²) < 4.78 is 25.0. The predicted octanol–water partition coefficient (Wildman–Crippen LogP) is 3.18. The number of hydrogen-bond donors (Lipinski definition) is 0. The third kappa shape index (κ3) is 3.42. The molecule has 2 aromatic rings. The summed E-state index contributed by atoms with van der Waals surface area (Å²) >= 11 is 5.55. The Balaban J connectivity index is 2.28. The number of para-hydroxylation sites is 1. The van der Waals surface area contributed by atoms with E-state index in [1.54, 1.807) is 18.2 Å². The highest BCUT2D eigenvalue weighted by atomic mass is 35.5. The van der Waals surface area contributed by atoms with Crippen LogP contribution in [-0.2, 0) is 0 Å². The number of pyridine rings is 1. The summed E-state index contributed by atoms with van der Waals surface area (Å²) in [4.78, 5) is 17.4. The number of aromatic nitrogens is 1. The Morgan fingerprint density at radius 1 is 1.25 bits per heavy atom. The van der Waals surface area contributed by atoms with E-state index in [9.17, 15) is 13.6 Å². The zero-order valence-electron chi connectivity index (χ0n) is 10.6. The van der Waals surface area contributed by atoms with Crippen LogP contribution in [0.4, 0.5) is 8.78 Å². The Labute approximate surface area is 120 Å². The summed E-state index contributed by atoms with van der Waals surface area (Å²) in [5, 5.41) is 0.891. The molecule has 0 aliphatic rings. The van der Waals surface area contributed by atoms with Crippen LogP contribution in [0.2, 0.25) is 0 Å². The number of benzene rings is 1. The van der Waals surface area contributed by atoms with Crippen molar-refractivity contribution >= 4 is 28.4 Å². The summed E-state index contributed by atoms with van der Waals surface area (Å²) in [7, 11) is 0. The molecular formula is C14H13ClF2N2O. The monoisotopic (exact) mass is 298 g/mol. The van der Waals surface area contributed by atoms with Gasteiger partial charge in [0.1, 0.15) is 5.69 Å². The minimum atomic E-state index is -2.59. The number of carbonyl (C=O) groups excluding carboxylic acids is 1. The molecule has 1 aromatic carbocycles. The van der Waals surface area contributed by atoms with Crippen molar-refractivity contribution in [3.05, 3.63) is 42.1 Å². The first-order valence-corrected chi connectivity index (χ1v) is 6.64. The van der Waals surface area contributed by atoms with Crippen LogP contribution >= 0.6 is 11.6 Å². The number of nitrogens with zero attached hydrogens (tertiary/aromatic N) is 2. The quantitative estimate of drug-likeness (QED) is 0.794. The molecule has 0 aliphatic heterocycles. The van der Waals surface area contributed by atoms with Gasteiger partial charge in [0.05, 0.1) is 12.1 Å². The van der Waals surface area contributed by atoms with Gasteiger partial charge in [-0.05, 0) is 12.1 Å². The van der Waals surface area contributed by atoms with Crippen LogP contribution < -0.4 is 0 Å². The molecule has 2 rings (SSSR count). The van der Waals surface area contributed by atoms with Gasteiger partial charge in [-0.3, -0.25) is 4.79 Å². The van der Waals surface area contributed by atoms with E-state index in [1.807, 2.05) is 12.1 Å². The van der Waals surface area contributed by atoms with Gasteiger partial charge in [-0.15, -0.1) is 11.6 Å². The van der Waals surface area contributed by atoms with Crippen LogP contribution in [0.5, 0.6) is 0 Å². The van der Waals surface area contributed by atoms with E-state index in [-0.39, 0.29) is 18.1 Å². The molecule has 6 heteroatoms. The number of alkyl halides is 3. The van der Waals surface area contributed by atoms with Gasteiger partial charge in [-0.2, -0.15) is 0 Å². The SMILES string of the molecule is O=C(c1ccc2ccccc2n1)N(CCCl)CC(F)F. The summed E-state index contributed by atoms with van der Waals surface area (Å²) in [6.07, 6.45) is -2.59. The van der Waals surface area contributed by atoms with Crippen LogP contribution in [0, 0.1) is 0 Å². The van der Waals surface area contributed by atoms with Crippen molar-refractivity contribution < 1.29 is 13.6 Å². The fourth-order valence-corrected chi connectivity index (χ4v) is 2.10. The van der Waals surface area contributed by atoms with E-state index < -0.39 is 18.9 Å². The Bertz CT molecular complexity index is 606. The van der Waals surface area contributed by atoms with Crippen molar-refractivity contribution in [3.8, 4) is 0 Å². The van der Waals surface area contributed by atoms with E-state index in [4.69, 9.17) is 11.6 Å². The summed E-state index contributed by atoms with van der Waals surface area (Å²) in [5.74, 6) is -0.428. The molecule has 0 unspecified atom stereocenters. The van der Waals surface area contributed by atoms with Crippen molar-refractivity contribution in [2.75, 3.05) is 19.0 Å². The first-order chi connectivity index (χ1) is 9.61. The number of rotatable bonds is 5. The van der Waals surface area contributed by atoms with Crippen LogP contribution in [0.15, 0.2) is 36.4 Å². The van der Waals surface area contributed by atoms with Crippen LogP contribution in [0.3, 0.4) is 0 Å². The van der Waals surface area contributed by atoms with E-state index in [0.29, 0.717) is 5.52 Å². The third-order valence-corrected chi connectivity index (χ3v) is 2.99. The summed E-state index contributed by atoms with van der Waals surface area (Å²) in [5.41, 5.74) is 0.802. The Kier molecular flexibility index (Phi) is 4.84. The van der Waals surface area contributed by atoms with Gasteiger partial charge in [0.25, 0.3) is 12.3 Å². The normalized spacial score (nSPS) is 11.0. The van der Waals surface area contributed by atoms with Crippen LogP contribution in [-0.4, -0.2) is 41.2 Å². The maximum Gasteiger partial charge on any atom is 0.272 e. The summed E-state index contributed by atoms with van der Waals surface area (Å²) in [6.45, 7) is -0.570. The Morgan fingerprint density at radius 2 is 2.00 bits per heavy atom. The first kappa shape index (κ1) is 14.7. The average Bonchev–Trinajstić information content (AvgIpc) is 2.45. The van der Waals surface area contributed by atoms with Crippen molar-refractivity contribution in [1.29, 1.82) is 0 Å². The van der Waals surface area contributed by atoms with Gasteiger partial charge in [-0.25, -0.2) is 13.8 Å². The smallest absolute Gasteiger partial charge is 0.272 e. The second kappa shape index (κ2) is 6.61. The molecule has 1 heterocycles. The van der Waals surface area contributed by atoms with E-state index in [2.05, 4.69) is 4.98 Å². The molecule has 3 nitrogen and oxygen atoms in total. The molecule has 1 aromatic heterocycles. The van der Waals surface area contributed by atoms with Crippen molar-refractivity contribution in [3.63, 3.8) is 0 Å². The number of amides is 1. The Morgan fingerprint density at radius 3 is 2.70 bits per heavy atom. The predicted molar refractivity (Wildman–Crippen MR) is 74.4 cm³/mol. The standard InChI is InChI=1S/C14H13ClF2N2O/c15-7-8-19(9-13(16)17)14(20)12-6-5-10-3-1-2-4-11(10)18-12/h1-6,13H,7-9H2. The molecule has 20 heavy (non-hydrogen) atoms. The van der Waals surface area contributed by atoms with Crippen molar-refractivity contribution in [2.45, 2.75) is 6.43 Å². The molecule has 0 saturated carbocycles.